The molecule has 25 heavy (non-hydrogen) atoms. The average Bonchev–Trinajstić information content (AvgIpc) is 3.44. The topological polar surface area (TPSA) is 59.0 Å². The van der Waals surface area contributed by atoms with Crippen LogP contribution in [0.3, 0.4) is 0 Å². The molecule has 1 aliphatic carbocycles. The summed E-state index contributed by atoms with van der Waals surface area (Å²) >= 11 is 6.23. The number of hydrogen-bond donors (Lipinski definition) is 1. The third-order valence-electron chi connectivity index (χ3n) is 4.24. The molecule has 1 saturated carbocycles. The molecule has 132 valence electrons. The van der Waals surface area contributed by atoms with Crippen LogP contribution in [0.4, 0.5) is 10.5 Å². The lowest BCUT2D eigenvalue weighted by Gasteiger charge is -2.20. The number of halogens is 1. The summed E-state index contributed by atoms with van der Waals surface area (Å²) in [6.45, 7) is 2.15. The molecule has 0 saturated heterocycles. The van der Waals surface area contributed by atoms with Crippen molar-refractivity contribution >= 4 is 23.4 Å². The first-order chi connectivity index (χ1) is 12.0. The Morgan fingerprint density at radius 3 is 2.72 bits per heavy atom. The van der Waals surface area contributed by atoms with Crippen molar-refractivity contribution in [2.24, 2.45) is 0 Å². The minimum Gasteiger partial charge on any atom is -0.487 e. The zero-order valence-corrected chi connectivity index (χ0v) is 14.9. The molecule has 5 nitrogen and oxygen atoms in total. The van der Waals surface area contributed by atoms with Gasteiger partial charge < -0.3 is 9.47 Å². The molecule has 0 aromatic heterocycles. The zero-order chi connectivity index (χ0) is 18.0. The second-order valence-corrected chi connectivity index (χ2v) is 6.53. The molecule has 2 aromatic carbocycles. The molecule has 1 aliphatic rings. The first kappa shape index (κ1) is 17.6. The van der Waals surface area contributed by atoms with Crippen LogP contribution in [0.1, 0.15) is 35.4 Å². The highest BCUT2D eigenvalue weighted by Gasteiger charge is 2.29. The molecule has 1 amide bonds. The van der Waals surface area contributed by atoms with Crippen molar-refractivity contribution in [3.8, 4) is 5.75 Å². The smallest absolute Gasteiger partial charge is 0.438 e. The van der Waals surface area contributed by atoms with Crippen molar-refractivity contribution in [3.63, 3.8) is 0 Å². The number of rotatable bonds is 5. The van der Waals surface area contributed by atoms with E-state index in [-0.39, 0.29) is 6.61 Å². The molecule has 0 atom stereocenters. The largest absolute Gasteiger partial charge is 0.487 e. The maximum absolute atomic E-state index is 11.7. The summed E-state index contributed by atoms with van der Waals surface area (Å²) in [4.78, 5) is 11.7. The number of aryl methyl sites for hydroxylation is 1. The molecule has 2 aromatic rings. The third kappa shape index (κ3) is 3.89. The highest BCUT2D eigenvalue weighted by atomic mass is 35.5. The molecule has 0 aliphatic heterocycles. The van der Waals surface area contributed by atoms with E-state index in [0.717, 1.165) is 29.5 Å². The van der Waals surface area contributed by atoms with E-state index in [1.807, 2.05) is 37.3 Å². The van der Waals surface area contributed by atoms with Crippen molar-refractivity contribution in [2.45, 2.75) is 32.3 Å². The Kier molecular flexibility index (Phi) is 5.16. The number of carbonyl (C=O) groups excluding carboxylic acids is 1. The molecular formula is C19H20ClNO4. The fourth-order valence-electron chi connectivity index (χ4n) is 2.78. The lowest BCUT2D eigenvalue weighted by Crippen LogP contribution is -2.28. The number of nitrogens with zero attached hydrogens (tertiary/aromatic N) is 1. The molecule has 1 fully saturated rings. The van der Waals surface area contributed by atoms with Gasteiger partial charge in [-0.2, -0.15) is 5.06 Å². The zero-order valence-electron chi connectivity index (χ0n) is 14.2. The van der Waals surface area contributed by atoms with Crippen molar-refractivity contribution in [1.82, 2.24) is 0 Å². The molecule has 0 spiro atoms. The molecule has 0 heterocycles. The molecule has 1 N–H and O–H groups in total. The summed E-state index contributed by atoms with van der Waals surface area (Å²) in [5, 5.41) is 11.2. The molecule has 3 rings (SSSR count). The Labute approximate surface area is 151 Å². The van der Waals surface area contributed by atoms with Gasteiger partial charge in [0.25, 0.3) is 0 Å². The van der Waals surface area contributed by atoms with Gasteiger partial charge in [0.2, 0.25) is 0 Å². The minimum atomic E-state index is -0.845. The Morgan fingerprint density at radius 1 is 1.32 bits per heavy atom. The Hall–Kier alpha value is -2.24. The number of anilines is 1. The van der Waals surface area contributed by atoms with E-state index in [2.05, 4.69) is 4.74 Å². The first-order valence-electron chi connectivity index (χ1n) is 8.09. The predicted octanol–water partition coefficient (Wildman–Crippen LogP) is 5.07. The Balaban J connectivity index is 1.91. The van der Waals surface area contributed by atoms with Crippen LogP contribution in [0.2, 0.25) is 5.02 Å². The lowest BCUT2D eigenvalue weighted by atomic mass is 10.0. The van der Waals surface area contributed by atoms with E-state index in [4.69, 9.17) is 16.3 Å². The number of hydrogen-bond acceptors (Lipinski definition) is 4. The summed E-state index contributed by atoms with van der Waals surface area (Å²) in [6, 6.07) is 11.0. The molecule has 0 radical (unpaired) electrons. The highest BCUT2D eigenvalue weighted by Crippen LogP contribution is 2.44. The van der Waals surface area contributed by atoms with Gasteiger partial charge in [-0.05, 0) is 55.0 Å². The van der Waals surface area contributed by atoms with Crippen LogP contribution in [0.25, 0.3) is 0 Å². The van der Waals surface area contributed by atoms with E-state index in [9.17, 15) is 10.0 Å². The molecule has 0 unspecified atom stereocenters. The number of hydroxylamine groups is 1. The van der Waals surface area contributed by atoms with E-state index >= 15 is 0 Å². The van der Waals surface area contributed by atoms with Crippen molar-refractivity contribution in [1.29, 1.82) is 0 Å². The number of carbonyl (C=O) groups is 1. The fourth-order valence-corrected chi connectivity index (χ4v) is 3.07. The standard InChI is InChI=1S/C19H20ClNO4/c1-12-6-9-18(16(20)10-12)25-11-15-14(13-7-8-13)4-3-5-17(15)21(23)19(22)24-2/h3-6,9-10,13,23H,7-8,11H2,1-2H3. The summed E-state index contributed by atoms with van der Waals surface area (Å²) in [5.74, 6) is 0.990. The second-order valence-electron chi connectivity index (χ2n) is 6.12. The van der Waals surface area contributed by atoms with Crippen LogP contribution in [0.5, 0.6) is 5.75 Å². The molecule has 0 bridgehead atoms. The maximum atomic E-state index is 11.7. The Bertz CT molecular complexity index is 789. The van der Waals surface area contributed by atoms with E-state index in [1.54, 1.807) is 6.07 Å². The van der Waals surface area contributed by atoms with Crippen LogP contribution in [-0.2, 0) is 11.3 Å². The van der Waals surface area contributed by atoms with Gasteiger partial charge >= 0.3 is 6.09 Å². The van der Waals surface area contributed by atoms with Gasteiger partial charge in [-0.1, -0.05) is 29.8 Å². The summed E-state index contributed by atoms with van der Waals surface area (Å²) in [5.41, 5.74) is 3.24. The Morgan fingerprint density at radius 2 is 2.08 bits per heavy atom. The lowest BCUT2D eigenvalue weighted by molar-refractivity contribution is 0.140. The SMILES string of the molecule is COC(=O)N(O)c1cccc(C2CC2)c1COc1ccc(C)cc1Cl. The summed E-state index contributed by atoms with van der Waals surface area (Å²) < 4.78 is 10.5. The van der Waals surface area contributed by atoms with Gasteiger partial charge in [-0.3, -0.25) is 5.21 Å². The quantitative estimate of drug-likeness (QED) is 0.596. The molecule has 6 heteroatoms. The van der Waals surface area contributed by atoms with Crippen LogP contribution < -0.4 is 9.80 Å². The van der Waals surface area contributed by atoms with Crippen LogP contribution >= 0.6 is 11.6 Å². The van der Waals surface area contributed by atoms with Crippen LogP contribution in [0, 0.1) is 6.92 Å². The average molecular weight is 362 g/mol. The van der Waals surface area contributed by atoms with Gasteiger partial charge in [0.05, 0.1) is 17.8 Å². The second kappa shape index (κ2) is 7.33. The van der Waals surface area contributed by atoms with E-state index < -0.39 is 6.09 Å². The van der Waals surface area contributed by atoms with Crippen LogP contribution in [0.15, 0.2) is 36.4 Å². The van der Waals surface area contributed by atoms with Gasteiger partial charge in [-0.25, -0.2) is 4.79 Å². The van der Waals surface area contributed by atoms with E-state index in [1.165, 1.54) is 7.11 Å². The normalized spacial score (nSPS) is 13.4. The minimum absolute atomic E-state index is 0.193. The van der Waals surface area contributed by atoms with E-state index in [0.29, 0.717) is 27.4 Å². The predicted molar refractivity (Wildman–Crippen MR) is 95.6 cm³/mol. The maximum Gasteiger partial charge on any atom is 0.438 e. The van der Waals surface area contributed by atoms with Gasteiger partial charge in [0.15, 0.2) is 0 Å². The summed E-state index contributed by atoms with van der Waals surface area (Å²) in [6.07, 6.45) is 1.33. The van der Waals surface area contributed by atoms with Gasteiger partial charge in [0.1, 0.15) is 12.4 Å². The van der Waals surface area contributed by atoms with Crippen molar-refractivity contribution in [2.75, 3.05) is 12.2 Å². The van der Waals surface area contributed by atoms with Crippen molar-refractivity contribution < 1.29 is 19.5 Å². The summed E-state index contributed by atoms with van der Waals surface area (Å²) in [7, 11) is 1.22. The third-order valence-corrected chi connectivity index (χ3v) is 4.54. The van der Waals surface area contributed by atoms with Crippen molar-refractivity contribution in [3.05, 3.63) is 58.1 Å². The fraction of sp³-hybridized carbons (Fsp3) is 0.316. The first-order valence-corrected chi connectivity index (χ1v) is 8.46. The number of ether oxygens (including phenoxy) is 2. The number of methoxy groups -OCH3 is 1. The van der Waals surface area contributed by atoms with Gasteiger partial charge in [0, 0.05) is 5.56 Å². The van der Waals surface area contributed by atoms with Gasteiger partial charge in [-0.15, -0.1) is 0 Å². The van der Waals surface area contributed by atoms with Crippen LogP contribution in [-0.4, -0.2) is 18.4 Å². The monoisotopic (exact) mass is 361 g/mol. The number of amides is 1. The molecular weight excluding hydrogens is 342 g/mol. The highest BCUT2D eigenvalue weighted by molar-refractivity contribution is 6.32. The number of benzene rings is 2.